The number of phenolic OH excluding ortho intramolecular Hbond substituents is 1. The van der Waals surface area contributed by atoms with Crippen molar-refractivity contribution in [3.63, 3.8) is 0 Å². The number of aromatic carboxylic acids is 1. The van der Waals surface area contributed by atoms with Gasteiger partial charge in [-0.1, -0.05) is 18.2 Å². The van der Waals surface area contributed by atoms with Crippen LogP contribution in [0.3, 0.4) is 0 Å². The van der Waals surface area contributed by atoms with Gasteiger partial charge in [-0.2, -0.15) is 0 Å². The number of Topliss-reactive ketones (excluding diaryl/α,β-unsaturated/α-hetero) is 2. The summed E-state index contributed by atoms with van der Waals surface area (Å²) in [4.78, 5) is 48.8. The molecule has 0 radical (unpaired) electrons. The summed E-state index contributed by atoms with van der Waals surface area (Å²) in [7, 11) is -1.69. The summed E-state index contributed by atoms with van der Waals surface area (Å²) in [5.41, 5.74) is 0.0925. The zero-order valence-corrected chi connectivity index (χ0v) is 25.8. The summed E-state index contributed by atoms with van der Waals surface area (Å²) in [6, 6.07) is 3.46. The third-order valence-corrected chi connectivity index (χ3v) is 9.40. The van der Waals surface area contributed by atoms with E-state index in [2.05, 4.69) is 6.58 Å². The van der Waals surface area contributed by atoms with Crippen molar-refractivity contribution in [1.82, 2.24) is 0 Å². The fourth-order valence-corrected chi connectivity index (χ4v) is 6.98. The first kappa shape index (κ1) is 35.1. The Kier molecular flexibility index (Phi) is 8.80. The second-order valence-corrected chi connectivity index (χ2v) is 12.9. The molecule has 0 aliphatic heterocycles. The Balaban J connectivity index is 0.000000300. The number of aliphatic hydroxyl groups is 4. The van der Waals surface area contributed by atoms with Gasteiger partial charge in [-0.15, -0.1) is 0 Å². The highest BCUT2D eigenvalue weighted by atomic mass is 35.5. The molecule has 0 bridgehead atoms. The van der Waals surface area contributed by atoms with E-state index in [1.54, 1.807) is 0 Å². The minimum atomic E-state index is -4.70. The molecule has 5 atom stereocenters. The quantitative estimate of drug-likeness (QED) is 0.132. The fourth-order valence-electron chi connectivity index (χ4n) is 6.20. The number of nitrogens with two attached hydrogens (primary N) is 1. The van der Waals surface area contributed by atoms with E-state index < -0.39 is 108 Å². The fraction of sp³-hybridized carbons (Fsp3) is 0.241. The molecule has 0 unspecified atom stereocenters. The summed E-state index contributed by atoms with van der Waals surface area (Å²) in [6.45, 7) is 3.90. The number of nitrogens with one attached hydrogen (secondary N) is 1. The highest BCUT2D eigenvalue weighted by Crippen LogP contribution is 2.55. The zero-order valence-electron chi connectivity index (χ0n) is 24.3. The Labute approximate surface area is 270 Å². The average molecular weight is 695 g/mol. The van der Waals surface area contributed by atoms with Crippen molar-refractivity contribution in [2.75, 3.05) is 14.1 Å². The van der Waals surface area contributed by atoms with Crippen LogP contribution >= 0.6 is 11.6 Å². The Bertz CT molecular complexity index is 1970. The van der Waals surface area contributed by atoms with Crippen molar-refractivity contribution in [2.45, 2.75) is 22.6 Å². The van der Waals surface area contributed by atoms with Crippen LogP contribution in [-0.4, -0.2) is 104 Å². The van der Waals surface area contributed by atoms with Crippen molar-refractivity contribution in [2.24, 2.45) is 17.6 Å². The maximum absolute atomic E-state index is 13.7. The largest absolute Gasteiger partial charge is 0.744 e. The summed E-state index contributed by atoms with van der Waals surface area (Å²) < 4.78 is 31.5. The van der Waals surface area contributed by atoms with E-state index in [9.17, 15) is 57.7 Å². The Morgan fingerprint density at radius 3 is 2.13 bits per heavy atom. The molecular formula is C29H27ClN2O14S. The molecule has 5 rings (SSSR count). The molecule has 0 aromatic heterocycles. The van der Waals surface area contributed by atoms with E-state index in [1.165, 1.54) is 26.2 Å². The van der Waals surface area contributed by atoms with Gasteiger partial charge < -0.3 is 50.9 Å². The molecule has 0 heterocycles. The van der Waals surface area contributed by atoms with Gasteiger partial charge in [0.2, 0.25) is 11.6 Å². The monoisotopic (exact) mass is 694 g/mol. The molecule has 1 fully saturated rings. The van der Waals surface area contributed by atoms with Crippen LogP contribution in [-0.2, 0) is 24.5 Å². The number of phenols is 2. The highest BCUT2D eigenvalue weighted by Gasteiger charge is 2.69. The number of aromatic hydroxyl groups is 2. The van der Waals surface area contributed by atoms with Crippen LogP contribution in [0.2, 0.25) is 5.02 Å². The van der Waals surface area contributed by atoms with Crippen LogP contribution in [0, 0.1) is 11.8 Å². The van der Waals surface area contributed by atoms with Crippen LogP contribution < -0.4 is 10.6 Å². The van der Waals surface area contributed by atoms with Gasteiger partial charge in [0.1, 0.15) is 44.3 Å². The smallest absolute Gasteiger partial charge is 0.339 e. The number of carboxylic acids is 1. The number of halogens is 1. The van der Waals surface area contributed by atoms with Gasteiger partial charge in [0.05, 0.1) is 42.1 Å². The topological polar surface area (TPSA) is 298 Å². The van der Waals surface area contributed by atoms with Gasteiger partial charge in [0, 0.05) is 16.5 Å². The summed E-state index contributed by atoms with van der Waals surface area (Å²) in [5, 5.41) is 72.5. The van der Waals surface area contributed by atoms with Crippen molar-refractivity contribution >= 4 is 56.5 Å². The average Bonchev–Trinajstić information content (AvgIpc) is 2.95. The molecule has 0 spiro atoms. The van der Waals surface area contributed by atoms with Gasteiger partial charge in [-0.25, -0.2) is 13.2 Å². The molecule has 2 aromatic rings. The molecule has 16 nitrogen and oxygen atoms in total. The standard InChI is InChI=1S/C22H21ClN2O8.C7H6O6S/c1-6-9-7(23)4-5-8(26)11(9)16(27)12-10(6)17(28)14-15(25(2)3)18(29)13(21(24)32)20(31)22(14,33)19(12)30;8-6-2-1-4(14(11,12)13)3-5(6)7(9)10/h4-5,10,14-15,17,26-28,31,33H,1H2,2-3H3,(H2,24,32);1-3,8H,(H,9,10)(H,11,12,13)/t10-,14-,15+,17+,22+;/m0./s1. The van der Waals surface area contributed by atoms with Gasteiger partial charge in [0.15, 0.2) is 11.6 Å². The first-order valence-corrected chi connectivity index (χ1v) is 15.1. The number of fused-ring (bicyclic) bond motifs is 3. The third-order valence-electron chi connectivity index (χ3n) is 8.26. The number of ketones is 2. The number of hydrogen-bond acceptors (Lipinski definition) is 13. The second kappa shape index (κ2) is 11.8. The molecule has 3 aliphatic rings. The molecule has 250 valence electrons. The van der Waals surface area contributed by atoms with E-state index in [-0.39, 0.29) is 21.7 Å². The number of rotatable bonds is 4. The van der Waals surface area contributed by atoms with Crippen LogP contribution in [0.25, 0.3) is 11.3 Å². The maximum atomic E-state index is 13.7. The van der Waals surface area contributed by atoms with Crippen molar-refractivity contribution in [1.29, 1.82) is 0 Å². The van der Waals surface area contributed by atoms with E-state index >= 15 is 0 Å². The predicted molar refractivity (Wildman–Crippen MR) is 158 cm³/mol. The first-order valence-electron chi connectivity index (χ1n) is 13.3. The number of amides is 1. The predicted octanol–water partition coefficient (Wildman–Crippen LogP) is -1.36. The summed E-state index contributed by atoms with van der Waals surface area (Å²) in [5.74, 6) is -11.1. The minimum absolute atomic E-state index is 0.0609. The van der Waals surface area contributed by atoms with Crippen molar-refractivity contribution in [3.8, 4) is 11.5 Å². The SMILES string of the molecule is C=C1c2c(Cl)ccc(O)c2C(O)=C2C(=O)[C@@]3(O)C(O)=C(C(N)=O)C(=O)[C@H]([NH+](C)C)[C@H]3[C@H](O)[C@@H]12.O=C(O)c1cc(S(=O)(=O)[O-])ccc1O. The van der Waals surface area contributed by atoms with Crippen LogP contribution in [0.5, 0.6) is 11.5 Å². The lowest BCUT2D eigenvalue weighted by molar-refractivity contribution is -0.881. The highest BCUT2D eigenvalue weighted by molar-refractivity contribution is 7.85. The lowest BCUT2D eigenvalue weighted by Gasteiger charge is -2.51. The minimum Gasteiger partial charge on any atom is -0.744 e. The molecule has 2 aromatic carbocycles. The van der Waals surface area contributed by atoms with E-state index in [0.29, 0.717) is 11.0 Å². The van der Waals surface area contributed by atoms with E-state index in [1.807, 2.05) is 0 Å². The molecule has 1 saturated carbocycles. The van der Waals surface area contributed by atoms with Crippen LogP contribution in [0.15, 0.2) is 58.7 Å². The summed E-state index contributed by atoms with van der Waals surface area (Å²) >= 11 is 6.26. The number of hydrogen-bond donors (Lipinski definition) is 9. The number of likely N-dealkylation sites (N-methyl/N-ethyl adjacent to an activating group) is 1. The number of carbonyl (C=O) groups is 4. The number of aliphatic hydroxyl groups excluding tert-OH is 3. The zero-order chi connectivity index (χ0) is 35.7. The number of carboxylic acid groups (broad SMARTS) is 1. The lowest BCUT2D eigenvalue weighted by atomic mass is 9.55. The molecule has 1 amide bonds. The molecule has 10 N–H and O–H groups in total. The maximum Gasteiger partial charge on any atom is 0.339 e. The van der Waals surface area contributed by atoms with Gasteiger partial charge in [-0.3, -0.25) is 14.4 Å². The van der Waals surface area contributed by atoms with Gasteiger partial charge >= 0.3 is 5.97 Å². The number of carbonyl (C=O) groups excluding carboxylic acids is 3. The third kappa shape index (κ3) is 5.32. The molecule has 3 aliphatic carbocycles. The molecule has 18 heteroatoms. The summed E-state index contributed by atoms with van der Waals surface area (Å²) in [6.07, 6.45) is -1.73. The number of benzene rings is 2. The Hall–Kier alpha value is -4.78. The van der Waals surface area contributed by atoms with Gasteiger partial charge in [0.25, 0.3) is 5.91 Å². The Morgan fingerprint density at radius 2 is 1.62 bits per heavy atom. The number of quaternary nitrogens is 1. The van der Waals surface area contributed by atoms with Crippen LogP contribution in [0.4, 0.5) is 0 Å². The van der Waals surface area contributed by atoms with Crippen molar-refractivity contribution in [3.05, 3.63) is 75.5 Å². The normalized spacial score (nSPS) is 25.5. The first-order chi connectivity index (χ1) is 21.6. The Morgan fingerprint density at radius 1 is 1.04 bits per heavy atom. The van der Waals surface area contributed by atoms with Crippen LogP contribution in [0.1, 0.15) is 21.5 Å². The van der Waals surface area contributed by atoms with E-state index in [0.717, 1.165) is 12.1 Å². The molecule has 47 heavy (non-hydrogen) atoms. The number of primary amides is 1. The van der Waals surface area contributed by atoms with Gasteiger partial charge in [-0.05, 0) is 35.9 Å². The second-order valence-electron chi connectivity index (χ2n) is 11.1. The lowest BCUT2D eigenvalue weighted by Crippen LogP contribution is -3.13. The van der Waals surface area contributed by atoms with E-state index in [4.69, 9.17) is 27.5 Å². The van der Waals surface area contributed by atoms with Crippen molar-refractivity contribution < 1.29 is 72.8 Å². The molecule has 0 saturated heterocycles. The molecular weight excluding hydrogens is 668 g/mol.